The zero-order valence-electron chi connectivity index (χ0n) is 10.9. The topological polar surface area (TPSA) is 94.9 Å². The summed E-state index contributed by atoms with van der Waals surface area (Å²) in [5.74, 6) is -1.43. The number of hydrogen-bond acceptors (Lipinski definition) is 4. The molecule has 19 heavy (non-hydrogen) atoms. The van der Waals surface area contributed by atoms with Crippen molar-refractivity contribution in [3.63, 3.8) is 0 Å². The van der Waals surface area contributed by atoms with Crippen molar-refractivity contribution in [2.75, 3.05) is 7.05 Å². The van der Waals surface area contributed by atoms with Crippen LogP contribution in [0, 0.1) is 0 Å². The third kappa shape index (κ3) is 3.05. The lowest BCUT2D eigenvalue weighted by Gasteiger charge is -2.26. The van der Waals surface area contributed by atoms with E-state index in [0.717, 1.165) is 11.2 Å². The van der Waals surface area contributed by atoms with Crippen LogP contribution in [-0.2, 0) is 14.8 Å². The fourth-order valence-corrected chi connectivity index (χ4v) is 2.94. The Hall–Kier alpha value is -1.60. The lowest BCUT2D eigenvalue weighted by atomic mass is 10.1. The average molecular weight is 287 g/mol. The van der Waals surface area contributed by atoms with Gasteiger partial charge in [0.05, 0.1) is 6.04 Å². The van der Waals surface area contributed by atoms with Gasteiger partial charge in [-0.1, -0.05) is 18.2 Å². The van der Waals surface area contributed by atoms with E-state index in [0.29, 0.717) is 5.56 Å². The molecular formula is C12H17NO5S. The van der Waals surface area contributed by atoms with Crippen LogP contribution in [0.5, 0.6) is 5.75 Å². The summed E-state index contributed by atoms with van der Waals surface area (Å²) in [6.07, 6.45) is 0. The fourth-order valence-electron chi connectivity index (χ4n) is 1.63. The highest BCUT2D eigenvalue weighted by Gasteiger charge is 2.35. The molecule has 106 valence electrons. The molecule has 1 rings (SSSR count). The highest BCUT2D eigenvalue weighted by molar-refractivity contribution is 7.90. The molecule has 1 aromatic carbocycles. The van der Waals surface area contributed by atoms with E-state index in [1.165, 1.54) is 13.1 Å². The second kappa shape index (κ2) is 5.58. The second-order valence-electron chi connectivity index (χ2n) is 4.28. The Morgan fingerprint density at radius 3 is 2.26 bits per heavy atom. The number of carbonyl (C=O) groups is 1. The molecule has 0 radical (unpaired) electrons. The van der Waals surface area contributed by atoms with Crippen molar-refractivity contribution >= 4 is 16.0 Å². The Bertz CT molecular complexity index is 569. The van der Waals surface area contributed by atoms with Crippen LogP contribution in [0.2, 0.25) is 0 Å². The summed E-state index contributed by atoms with van der Waals surface area (Å²) < 4.78 is 25.1. The predicted molar refractivity (Wildman–Crippen MR) is 70.3 cm³/mol. The number of para-hydroxylation sites is 1. The Labute approximate surface area is 112 Å². The summed E-state index contributed by atoms with van der Waals surface area (Å²) in [7, 11) is -2.68. The van der Waals surface area contributed by atoms with Gasteiger partial charge in [0.1, 0.15) is 5.75 Å². The molecule has 0 saturated heterocycles. The van der Waals surface area contributed by atoms with Crippen molar-refractivity contribution < 1.29 is 23.4 Å². The van der Waals surface area contributed by atoms with Gasteiger partial charge in [-0.2, -0.15) is 4.31 Å². The summed E-state index contributed by atoms with van der Waals surface area (Å²) in [6.45, 7) is 2.70. The first-order chi connectivity index (χ1) is 8.69. The van der Waals surface area contributed by atoms with Crippen LogP contribution in [0.1, 0.15) is 25.5 Å². The van der Waals surface area contributed by atoms with Gasteiger partial charge in [-0.15, -0.1) is 0 Å². The maximum absolute atomic E-state index is 12.1. The number of carboxylic acid groups (broad SMARTS) is 1. The van der Waals surface area contributed by atoms with Crippen molar-refractivity contribution in [1.82, 2.24) is 4.31 Å². The minimum atomic E-state index is -3.98. The van der Waals surface area contributed by atoms with Crippen molar-refractivity contribution in [1.29, 1.82) is 0 Å². The van der Waals surface area contributed by atoms with Crippen LogP contribution in [0.4, 0.5) is 0 Å². The van der Waals surface area contributed by atoms with Gasteiger partial charge >= 0.3 is 5.97 Å². The van der Waals surface area contributed by atoms with Crippen LogP contribution in [0.25, 0.3) is 0 Å². The third-order valence-electron chi connectivity index (χ3n) is 3.13. The monoisotopic (exact) mass is 287 g/mol. The van der Waals surface area contributed by atoms with Crippen LogP contribution < -0.4 is 0 Å². The number of aliphatic carboxylic acids is 1. The molecule has 0 heterocycles. The molecule has 0 bridgehead atoms. The molecule has 2 N–H and O–H groups in total. The Kier molecular flexibility index (Phi) is 4.54. The number of aromatic hydroxyl groups is 1. The normalized spacial score (nSPS) is 15.2. The first kappa shape index (κ1) is 15.5. The van der Waals surface area contributed by atoms with E-state index in [1.807, 2.05) is 0 Å². The molecule has 2 unspecified atom stereocenters. The molecule has 2 atom stereocenters. The largest absolute Gasteiger partial charge is 0.508 e. The van der Waals surface area contributed by atoms with E-state index in [9.17, 15) is 18.3 Å². The molecule has 0 fully saturated rings. The highest BCUT2D eigenvalue weighted by Crippen LogP contribution is 2.29. The molecule has 0 aliphatic rings. The van der Waals surface area contributed by atoms with Crippen LogP contribution >= 0.6 is 0 Å². The van der Waals surface area contributed by atoms with Gasteiger partial charge in [0.15, 0.2) is 5.25 Å². The van der Waals surface area contributed by atoms with Gasteiger partial charge in [-0.3, -0.25) is 4.79 Å². The van der Waals surface area contributed by atoms with Crippen molar-refractivity contribution in [2.45, 2.75) is 25.1 Å². The summed E-state index contributed by atoms with van der Waals surface area (Å²) >= 11 is 0. The minimum Gasteiger partial charge on any atom is -0.508 e. The molecular weight excluding hydrogens is 270 g/mol. The third-order valence-corrected chi connectivity index (χ3v) is 5.34. The molecule has 7 heteroatoms. The predicted octanol–water partition coefficient (Wildman–Crippen LogP) is 1.19. The van der Waals surface area contributed by atoms with Crippen LogP contribution in [0.3, 0.4) is 0 Å². The number of hydrogen-bond donors (Lipinski definition) is 2. The first-order valence-electron chi connectivity index (χ1n) is 5.67. The zero-order valence-corrected chi connectivity index (χ0v) is 11.8. The quantitative estimate of drug-likeness (QED) is 0.848. The smallest absolute Gasteiger partial charge is 0.323 e. The highest BCUT2D eigenvalue weighted by atomic mass is 32.2. The van der Waals surface area contributed by atoms with E-state index < -0.39 is 27.3 Å². The molecule has 0 saturated carbocycles. The van der Waals surface area contributed by atoms with Gasteiger partial charge in [-0.05, 0) is 19.9 Å². The molecule has 0 aliphatic carbocycles. The van der Waals surface area contributed by atoms with Crippen LogP contribution in [-0.4, -0.2) is 41.2 Å². The van der Waals surface area contributed by atoms with E-state index in [4.69, 9.17) is 5.11 Å². The molecule has 1 aromatic rings. The summed E-state index contributed by atoms with van der Waals surface area (Å²) in [6, 6.07) is 5.68. The van der Waals surface area contributed by atoms with Gasteiger partial charge in [0.2, 0.25) is 10.0 Å². The Balaban J connectivity index is 3.11. The van der Waals surface area contributed by atoms with Crippen molar-refractivity contribution in [3.8, 4) is 5.75 Å². The maximum atomic E-state index is 12.1. The van der Waals surface area contributed by atoms with Gasteiger partial charge in [-0.25, -0.2) is 8.42 Å². The molecule has 0 spiro atoms. The Morgan fingerprint density at radius 2 is 1.79 bits per heavy atom. The van der Waals surface area contributed by atoms with Gasteiger partial charge in [0.25, 0.3) is 0 Å². The number of carboxylic acids is 1. The SMILES string of the molecule is CC(c1ccccc1O)N(C)S(=O)(=O)C(C)C(=O)O. The second-order valence-corrected chi connectivity index (χ2v) is 6.59. The average Bonchev–Trinajstić information content (AvgIpc) is 2.36. The van der Waals surface area contributed by atoms with E-state index in [1.54, 1.807) is 25.1 Å². The number of rotatable bonds is 5. The molecule has 0 amide bonds. The van der Waals surface area contributed by atoms with Gasteiger partial charge in [0, 0.05) is 12.6 Å². The number of phenolic OH excluding ortho intramolecular Hbond substituents is 1. The van der Waals surface area contributed by atoms with Crippen molar-refractivity contribution in [2.24, 2.45) is 0 Å². The minimum absolute atomic E-state index is 0.0278. The zero-order chi connectivity index (χ0) is 14.8. The van der Waals surface area contributed by atoms with Gasteiger partial charge < -0.3 is 10.2 Å². The number of nitrogens with zero attached hydrogens (tertiary/aromatic N) is 1. The number of phenols is 1. The van der Waals surface area contributed by atoms with Crippen LogP contribution in [0.15, 0.2) is 24.3 Å². The lowest BCUT2D eigenvalue weighted by molar-refractivity contribution is -0.136. The fraction of sp³-hybridized carbons (Fsp3) is 0.417. The molecule has 0 aromatic heterocycles. The summed E-state index contributed by atoms with van der Waals surface area (Å²) in [5, 5.41) is 17.0. The Morgan fingerprint density at radius 1 is 1.26 bits per heavy atom. The van der Waals surface area contributed by atoms with E-state index in [-0.39, 0.29) is 5.75 Å². The summed E-state index contributed by atoms with van der Waals surface area (Å²) in [4.78, 5) is 10.8. The standard InChI is InChI=1S/C12H17NO5S/c1-8(10-6-4-5-7-11(10)14)13(3)19(17,18)9(2)12(15)16/h4-9,14H,1-3H3,(H,15,16). The van der Waals surface area contributed by atoms with E-state index >= 15 is 0 Å². The summed E-state index contributed by atoms with van der Waals surface area (Å²) in [5.41, 5.74) is 0.422. The van der Waals surface area contributed by atoms with E-state index in [2.05, 4.69) is 0 Å². The molecule has 6 nitrogen and oxygen atoms in total. The van der Waals surface area contributed by atoms with Crippen molar-refractivity contribution in [3.05, 3.63) is 29.8 Å². The first-order valence-corrected chi connectivity index (χ1v) is 7.17. The number of sulfonamides is 1. The maximum Gasteiger partial charge on any atom is 0.323 e. The number of benzene rings is 1. The molecule has 0 aliphatic heterocycles. The lowest BCUT2D eigenvalue weighted by Crippen LogP contribution is -2.40.